The molecule has 0 saturated carbocycles. The standard InChI is InChI=1S/C10H10N2O3.C10H22N2.C2H6/c1-7-3-4-8(15-6-11)5-9(7)12-10(13)14-2;1-3-10(2)12-9-7-5-4-6-8-11;1-2/h3-5H,1-2H3,(H,12,13);12H,2-9,11H2,1H3;1-2H3. The Hall–Kier alpha value is -2.72. The number of methoxy groups -OCH3 is 1. The largest absolute Gasteiger partial charge is 0.453 e. The van der Waals surface area contributed by atoms with Gasteiger partial charge in [0.1, 0.15) is 5.75 Å². The highest BCUT2D eigenvalue weighted by Crippen LogP contribution is 2.21. The molecule has 7 heteroatoms. The molecule has 0 aromatic heterocycles. The molecule has 4 N–H and O–H groups in total. The van der Waals surface area contributed by atoms with Crippen molar-refractivity contribution in [2.24, 2.45) is 5.73 Å². The third-order valence-electron chi connectivity index (χ3n) is 3.73. The smallest absolute Gasteiger partial charge is 0.411 e. The maximum atomic E-state index is 11.0. The first-order valence-corrected chi connectivity index (χ1v) is 10.1. The number of hydrogen-bond acceptors (Lipinski definition) is 6. The zero-order valence-corrected chi connectivity index (χ0v) is 18.6. The number of nitrogens with one attached hydrogen (secondary N) is 2. The lowest BCUT2D eigenvalue weighted by Crippen LogP contribution is -2.13. The van der Waals surface area contributed by atoms with E-state index in [2.05, 4.69) is 33.6 Å². The van der Waals surface area contributed by atoms with Gasteiger partial charge in [0.15, 0.2) is 0 Å². The highest BCUT2D eigenvalue weighted by atomic mass is 16.5. The Morgan fingerprint density at radius 3 is 2.45 bits per heavy atom. The predicted octanol–water partition coefficient (Wildman–Crippen LogP) is 5.08. The summed E-state index contributed by atoms with van der Waals surface area (Å²) in [5.74, 6) is 0.370. The molecule has 1 aromatic rings. The lowest BCUT2D eigenvalue weighted by Gasteiger charge is -2.07. The normalized spacial score (nSPS) is 8.86. The van der Waals surface area contributed by atoms with E-state index in [0.717, 1.165) is 37.2 Å². The van der Waals surface area contributed by atoms with Gasteiger partial charge >= 0.3 is 6.09 Å². The molecule has 164 valence electrons. The molecule has 0 heterocycles. The van der Waals surface area contributed by atoms with E-state index in [0.29, 0.717) is 11.4 Å². The van der Waals surface area contributed by atoms with Crippen LogP contribution in [0.1, 0.15) is 58.4 Å². The Kier molecular flexibility index (Phi) is 19.7. The van der Waals surface area contributed by atoms with E-state index < -0.39 is 6.09 Å². The zero-order valence-electron chi connectivity index (χ0n) is 18.6. The lowest BCUT2D eigenvalue weighted by atomic mass is 10.2. The Bertz CT molecular complexity index is 613. The minimum absolute atomic E-state index is 0.370. The quantitative estimate of drug-likeness (QED) is 0.369. The number of hydrogen-bond donors (Lipinski definition) is 3. The van der Waals surface area contributed by atoms with E-state index in [4.69, 9.17) is 11.0 Å². The minimum atomic E-state index is -0.563. The molecule has 1 rings (SSSR count). The van der Waals surface area contributed by atoms with Crippen molar-refractivity contribution < 1.29 is 14.3 Å². The molecule has 0 spiro atoms. The van der Waals surface area contributed by atoms with E-state index in [-0.39, 0.29) is 0 Å². The minimum Gasteiger partial charge on any atom is -0.453 e. The summed E-state index contributed by atoms with van der Waals surface area (Å²) in [7, 11) is 1.28. The third-order valence-corrected chi connectivity index (χ3v) is 3.73. The average Bonchev–Trinajstić information content (AvgIpc) is 2.74. The molecule has 0 bridgehead atoms. The highest BCUT2D eigenvalue weighted by molar-refractivity contribution is 5.85. The number of benzene rings is 1. The van der Waals surface area contributed by atoms with Gasteiger partial charge in [0.25, 0.3) is 6.26 Å². The van der Waals surface area contributed by atoms with E-state index in [1.165, 1.54) is 26.4 Å². The van der Waals surface area contributed by atoms with Crippen molar-refractivity contribution in [1.29, 1.82) is 5.26 Å². The molecule has 0 aliphatic rings. The second-order valence-corrected chi connectivity index (χ2v) is 5.87. The summed E-state index contributed by atoms with van der Waals surface area (Å²) in [6, 6.07) is 4.93. The Labute approximate surface area is 176 Å². The van der Waals surface area contributed by atoms with Crippen LogP contribution in [0.15, 0.2) is 30.5 Å². The fourth-order valence-electron chi connectivity index (χ4n) is 2.03. The second-order valence-electron chi connectivity index (χ2n) is 5.87. The summed E-state index contributed by atoms with van der Waals surface area (Å²) in [6.07, 6.45) is 6.96. The van der Waals surface area contributed by atoms with Crippen LogP contribution >= 0.6 is 0 Å². The first-order chi connectivity index (χ1) is 14.0. The summed E-state index contributed by atoms with van der Waals surface area (Å²) in [5, 5.41) is 14.1. The Morgan fingerprint density at radius 2 is 1.90 bits per heavy atom. The van der Waals surface area contributed by atoms with Crippen LogP contribution in [0.5, 0.6) is 5.75 Å². The molecule has 0 unspecified atom stereocenters. The molecule has 0 saturated heterocycles. The van der Waals surface area contributed by atoms with Crippen LogP contribution in [0.4, 0.5) is 10.5 Å². The number of anilines is 1. The molecule has 1 aromatic carbocycles. The SMILES string of the molecule is C=C(CC)NCCCCCCN.CC.COC(=O)Nc1cc(OC#N)ccc1C. The second kappa shape index (κ2) is 20.0. The Balaban J connectivity index is 0. The Morgan fingerprint density at radius 1 is 1.24 bits per heavy atom. The van der Waals surface area contributed by atoms with Crippen LogP contribution < -0.4 is 21.1 Å². The van der Waals surface area contributed by atoms with Crippen molar-refractivity contribution >= 4 is 11.8 Å². The summed E-state index contributed by atoms with van der Waals surface area (Å²) in [4.78, 5) is 11.0. The number of rotatable bonds is 10. The number of carbonyl (C=O) groups excluding carboxylic acids is 1. The highest BCUT2D eigenvalue weighted by Gasteiger charge is 2.05. The van der Waals surface area contributed by atoms with Gasteiger partial charge in [-0.2, -0.15) is 0 Å². The molecule has 0 atom stereocenters. The maximum Gasteiger partial charge on any atom is 0.411 e. The lowest BCUT2D eigenvalue weighted by molar-refractivity contribution is 0.187. The van der Waals surface area contributed by atoms with Gasteiger partial charge in [0.05, 0.1) is 12.8 Å². The van der Waals surface area contributed by atoms with Crippen molar-refractivity contribution in [3.8, 4) is 12.0 Å². The number of nitrogens with zero attached hydrogens (tertiary/aromatic N) is 1. The van der Waals surface area contributed by atoms with Crippen LogP contribution in [0, 0.1) is 18.4 Å². The summed E-state index contributed by atoms with van der Waals surface area (Å²) >= 11 is 0. The van der Waals surface area contributed by atoms with Crippen molar-refractivity contribution in [3.63, 3.8) is 0 Å². The van der Waals surface area contributed by atoms with Crippen molar-refractivity contribution in [1.82, 2.24) is 5.32 Å². The molecule has 0 radical (unpaired) electrons. The molecule has 0 aliphatic carbocycles. The van der Waals surface area contributed by atoms with E-state index >= 15 is 0 Å². The number of ether oxygens (including phenoxy) is 2. The topological polar surface area (TPSA) is 109 Å². The fraction of sp³-hybridized carbons (Fsp3) is 0.545. The van der Waals surface area contributed by atoms with E-state index in [1.54, 1.807) is 24.5 Å². The van der Waals surface area contributed by atoms with E-state index in [1.807, 2.05) is 20.8 Å². The van der Waals surface area contributed by atoms with Crippen molar-refractivity contribution in [3.05, 3.63) is 36.0 Å². The monoisotopic (exact) mass is 406 g/mol. The van der Waals surface area contributed by atoms with Crippen molar-refractivity contribution in [2.75, 3.05) is 25.5 Å². The fourth-order valence-corrected chi connectivity index (χ4v) is 2.03. The van der Waals surface area contributed by atoms with Gasteiger partial charge in [-0.05, 0) is 44.4 Å². The van der Waals surface area contributed by atoms with Crippen LogP contribution in [0.2, 0.25) is 0 Å². The van der Waals surface area contributed by atoms with Crippen LogP contribution in [0.25, 0.3) is 0 Å². The van der Waals surface area contributed by atoms with Crippen molar-refractivity contribution in [2.45, 2.75) is 59.8 Å². The predicted molar refractivity (Wildman–Crippen MR) is 120 cm³/mol. The molecular weight excluding hydrogens is 368 g/mol. The van der Waals surface area contributed by atoms with Gasteiger partial charge in [0.2, 0.25) is 0 Å². The molecule has 0 fully saturated rings. The van der Waals surface area contributed by atoms with Gasteiger partial charge in [-0.3, -0.25) is 5.32 Å². The third kappa shape index (κ3) is 16.0. The molecular formula is C22H38N4O3. The van der Waals surface area contributed by atoms with Gasteiger partial charge in [0, 0.05) is 18.3 Å². The van der Waals surface area contributed by atoms with Gasteiger partial charge in [-0.15, -0.1) is 5.26 Å². The first-order valence-electron chi connectivity index (χ1n) is 10.1. The number of aryl methyl sites for hydroxylation is 1. The number of unbranched alkanes of at least 4 members (excludes halogenated alkanes) is 3. The van der Waals surface area contributed by atoms with Gasteiger partial charge < -0.3 is 20.5 Å². The molecule has 1 amide bonds. The van der Waals surface area contributed by atoms with Gasteiger partial charge in [-0.1, -0.05) is 46.3 Å². The number of amides is 1. The zero-order chi connectivity index (χ0) is 22.5. The molecule has 7 nitrogen and oxygen atoms in total. The maximum absolute atomic E-state index is 11.0. The average molecular weight is 407 g/mol. The molecule has 29 heavy (non-hydrogen) atoms. The number of nitriles is 1. The van der Waals surface area contributed by atoms with Crippen LogP contribution in [-0.4, -0.2) is 26.3 Å². The van der Waals surface area contributed by atoms with Crippen LogP contribution in [0.3, 0.4) is 0 Å². The van der Waals surface area contributed by atoms with E-state index in [9.17, 15) is 4.79 Å². The van der Waals surface area contributed by atoms with Crippen LogP contribution in [-0.2, 0) is 4.74 Å². The number of nitrogens with two attached hydrogens (primary N) is 1. The summed E-state index contributed by atoms with van der Waals surface area (Å²) in [5.41, 5.74) is 7.93. The first kappa shape index (κ1) is 28.5. The number of allylic oxidation sites excluding steroid dienone is 1. The summed E-state index contributed by atoms with van der Waals surface area (Å²) in [6.45, 7) is 13.7. The number of carbonyl (C=O) groups is 1. The van der Waals surface area contributed by atoms with Gasteiger partial charge in [-0.25, -0.2) is 4.79 Å². The molecule has 0 aliphatic heterocycles. The summed E-state index contributed by atoms with van der Waals surface area (Å²) < 4.78 is 9.08.